The Labute approximate surface area is 160 Å². The predicted octanol–water partition coefficient (Wildman–Crippen LogP) is 4.39. The number of carbonyl (C=O) groups excluding carboxylic acids is 2. The van der Waals surface area contributed by atoms with Gasteiger partial charge >= 0.3 is 0 Å². The molecule has 2 nitrogen and oxygen atoms in total. The van der Waals surface area contributed by atoms with Crippen molar-refractivity contribution in [2.45, 2.75) is 64.7 Å². The lowest BCUT2D eigenvalue weighted by Gasteiger charge is -2.20. The van der Waals surface area contributed by atoms with Crippen LogP contribution < -0.4 is 0 Å². The van der Waals surface area contributed by atoms with Crippen LogP contribution in [0.25, 0.3) is 0 Å². The third kappa shape index (κ3) is 1.96. The summed E-state index contributed by atoms with van der Waals surface area (Å²) in [6.45, 7) is 1.71. The van der Waals surface area contributed by atoms with E-state index >= 15 is 0 Å². The second kappa shape index (κ2) is 5.19. The van der Waals surface area contributed by atoms with Crippen LogP contribution in [0, 0.1) is 5.41 Å². The van der Waals surface area contributed by atoms with Gasteiger partial charge in [-0.05, 0) is 104 Å². The zero-order valence-electron chi connectivity index (χ0n) is 15.9. The van der Waals surface area contributed by atoms with Crippen molar-refractivity contribution in [2.75, 3.05) is 0 Å². The van der Waals surface area contributed by atoms with Crippen LogP contribution >= 0.6 is 0 Å². The van der Waals surface area contributed by atoms with E-state index in [1.54, 1.807) is 6.92 Å². The van der Waals surface area contributed by atoms with Gasteiger partial charge in [0.25, 0.3) is 0 Å². The Morgan fingerprint density at radius 2 is 1.52 bits per heavy atom. The first kappa shape index (κ1) is 15.8. The van der Waals surface area contributed by atoms with Crippen LogP contribution in [-0.2, 0) is 44.9 Å². The average molecular weight is 356 g/mol. The summed E-state index contributed by atoms with van der Waals surface area (Å²) in [7, 11) is 0. The zero-order chi connectivity index (χ0) is 18.3. The zero-order valence-corrected chi connectivity index (χ0v) is 15.9. The normalized spacial score (nSPS) is 24.3. The van der Waals surface area contributed by atoms with Crippen molar-refractivity contribution < 1.29 is 9.59 Å². The van der Waals surface area contributed by atoms with Gasteiger partial charge < -0.3 is 0 Å². The molecular formula is C25H24O2. The van der Waals surface area contributed by atoms with Gasteiger partial charge in [0.05, 0.1) is 0 Å². The van der Waals surface area contributed by atoms with Crippen LogP contribution in [0.5, 0.6) is 0 Å². The molecule has 0 N–H and O–H groups in total. The van der Waals surface area contributed by atoms with E-state index in [0.717, 1.165) is 62.5 Å². The van der Waals surface area contributed by atoms with E-state index in [4.69, 9.17) is 0 Å². The Balaban J connectivity index is 1.48. The van der Waals surface area contributed by atoms with Crippen molar-refractivity contribution in [3.05, 3.63) is 68.3 Å². The summed E-state index contributed by atoms with van der Waals surface area (Å²) in [5.41, 5.74) is 10.8. The number of fused-ring (bicyclic) bond motifs is 5. The highest BCUT2D eigenvalue weighted by molar-refractivity contribution is 6.08. The van der Waals surface area contributed by atoms with E-state index < -0.39 is 0 Å². The Bertz CT molecular complexity index is 1060. The fourth-order valence-corrected chi connectivity index (χ4v) is 6.54. The Hall–Kier alpha value is -2.22. The molecule has 0 aromatic heterocycles. The molecule has 136 valence electrons. The molecule has 0 bridgehead atoms. The summed E-state index contributed by atoms with van der Waals surface area (Å²) >= 11 is 0. The molecule has 0 amide bonds. The lowest BCUT2D eigenvalue weighted by molar-refractivity contribution is 0.0829. The van der Waals surface area contributed by atoms with Gasteiger partial charge in [0.2, 0.25) is 0 Å². The van der Waals surface area contributed by atoms with Gasteiger partial charge in [0.1, 0.15) is 0 Å². The van der Waals surface area contributed by atoms with E-state index in [2.05, 4.69) is 18.2 Å². The van der Waals surface area contributed by atoms with Crippen molar-refractivity contribution in [1.82, 2.24) is 0 Å². The maximum Gasteiger partial charge on any atom is 0.170 e. The molecule has 1 atom stereocenters. The standard InChI is InChI=1S/C25H24O2/c1-14(26)22-20-7-3-5-16(20)10-18-12-25(13-21(18)22)11-17-9-8-15-4-2-6-19(15)23(17)24(25)27/h8-10H,2-7,11-13H2,1H3/t25-/m0/s1. The summed E-state index contributed by atoms with van der Waals surface area (Å²) in [4.78, 5) is 26.2. The molecule has 1 spiro atoms. The molecule has 0 unspecified atom stereocenters. The number of benzene rings is 2. The topological polar surface area (TPSA) is 34.1 Å². The number of rotatable bonds is 1. The monoisotopic (exact) mass is 356 g/mol. The maximum absolute atomic E-state index is 13.7. The quantitative estimate of drug-likeness (QED) is 0.710. The lowest BCUT2D eigenvalue weighted by Crippen LogP contribution is -2.29. The Morgan fingerprint density at radius 1 is 0.815 bits per heavy atom. The van der Waals surface area contributed by atoms with Gasteiger partial charge in [-0.3, -0.25) is 9.59 Å². The minimum atomic E-state index is -0.332. The van der Waals surface area contributed by atoms with Crippen molar-refractivity contribution in [1.29, 1.82) is 0 Å². The van der Waals surface area contributed by atoms with E-state index in [9.17, 15) is 9.59 Å². The van der Waals surface area contributed by atoms with Gasteiger partial charge in [0.15, 0.2) is 11.6 Å². The van der Waals surface area contributed by atoms with Crippen LogP contribution in [-0.4, -0.2) is 11.6 Å². The summed E-state index contributed by atoms with van der Waals surface area (Å²) in [5.74, 6) is 0.549. The summed E-state index contributed by atoms with van der Waals surface area (Å²) in [6, 6.07) is 6.80. The second-order valence-electron chi connectivity index (χ2n) is 9.17. The Kier molecular flexibility index (Phi) is 3.03. The summed E-state index contributed by atoms with van der Waals surface area (Å²) < 4.78 is 0. The van der Waals surface area contributed by atoms with Gasteiger partial charge in [-0.25, -0.2) is 0 Å². The van der Waals surface area contributed by atoms with Crippen LogP contribution in [0.4, 0.5) is 0 Å². The van der Waals surface area contributed by atoms with Gasteiger partial charge in [0, 0.05) is 16.5 Å². The molecule has 0 saturated carbocycles. The van der Waals surface area contributed by atoms with E-state index in [1.165, 1.54) is 45.4 Å². The number of Topliss-reactive ketones (excluding diaryl/α,β-unsaturated/α-hetero) is 2. The highest BCUT2D eigenvalue weighted by Crippen LogP contribution is 2.51. The van der Waals surface area contributed by atoms with E-state index in [1.807, 2.05) is 0 Å². The molecule has 27 heavy (non-hydrogen) atoms. The second-order valence-corrected chi connectivity index (χ2v) is 9.17. The van der Waals surface area contributed by atoms with Crippen molar-refractivity contribution in [3.8, 4) is 0 Å². The fourth-order valence-electron chi connectivity index (χ4n) is 6.54. The highest BCUT2D eigenvalue weighted by atomic mass is 16.1. The Morgan fingerprint density at radius 3 is 2.33 bits per heavy atom. The molecule has 2 heteroatoms. The minimum absolute atomic E-state index is 0.186. The molecule has 0 saturated heterocycles. The van der Waals surface area contributed by atoms with E-state index in [0.29, 0.717) is 5.78 Å². The number of aryl methyl sites for hydroxylation is 2. The van der Waals surface area contributed by atoms with Gasteiger partial charge in [-0.15, -0.1) is 0 Å². The SMILES string of the molecule is CC(=O)c1c2c(cc3c1C[C@@]1(C3)Cc3ccc4c(c3C1=O)CCC4)CCC2. The number of carbonyl (C=O) groups is 2. The third-order valence-corrected chi connectivity index (χ3v) is 7.60. The molecule has 4 aliphatic carbocycles. The minimum Gasteiger partial charge on any atom is -0.294 e. The summed E-state index contributed by atoms with van der Waals surface area (Å²) in [6.07, 6.45) is 9.03. The first-order chi connectivity index (χ1) is 13.1. The van der Waals surface area contributed by atoms with Crippen molar-refractivity contribution in [2.24, 2.45) is 5.41 Å². The molecule has 0 fully saturated rings. The summed E-state index contributed by atoms with van der Waals surface area (Å²) in [5, 5.41) is 0. The number of hydrogen-bond donors (Lipinski definition) is 0. The first-order valence-corrected chi connectivity index (χ1v) is 10.4. The van der Waals surface area contributed by atoms with Crippen LogP contribution in [0.1, 0.15) is 79.4 Å². The molecule has 4 aliphatic rings. The number of ketones is 2. The molecule has 0 radical (unpaired) electrons. The van der Waals surface area contributed by atoms with Crippen LogP contribution in [0.2, 0.25) is 0 Å². The van der Waals surface area contributed by atoms with Gasteiger partial charge in [-0.2, -0.15) is 0 Å². The van der Waals surface area contributed by atoms with Crippen LogP contribution in [0.15, 0.2) is 18.2 Å². The largest absolute Gasteiger partial charge is 0.294 e. The average Bonchev–Trinajstić information content (AvgIpc) is 3.38. The van der Waals surface area contributed by atoms with Crippen molar-refractivity contribution in [3.63, 3.8) is 0 Å². The lowest BCUT2D eigenvalue weighted by atomic mass is 9.80. The third-order valence-electron chi connectivity index (χ3n) is 7.60. The van der Waals surface area contributed by atoms with Gasteiger partial charge in [-0.1, -0.05) is 18.2 Å². The number of hydrogen-bond acceptors (Lipinski definition) is 2. The van der Waals surface area contributed by atoms with E-state index in [-0.39, 0.29) is 11.2 Å². The van der Waals surface area contributed by atoms with Crippen LogP contribution in [0.3, 0.4) is 0 Å². The molecule has 0 heterocycles. The van der Waals surface area contributed by atoms with Crippen molar-refractivity contribution >= 4 is 11.6 Å². The molecule has 0 aliphatic heterocycles. The molecule has 2 aromatic carbocycles. The fraction of sp³-hybridized carbons (Fsp3) is 0.440. The molecule has 2 aromatic rings. The molecule has 6 rings (SSSR count). The highest BCUT2D eigenvalue weighted by Gasteiger charge is 2.51. The smallest absolute Gasteiger partial charge is 0.170 e. The maximum atomic E-state index is 13.7. The first-order valence-electron chi connectivity index (χ1n) is 10.4. The predicted molar refractivity (Wildman–Crippen MR) is 105 cm³/mol. The molecular weight excluding hydrogens is 332 g/mol.